The Morgan fingerprint density at radius 1 is 0.595 bits per heavy atom. The number of carbonyl (C=O) groups excluding carboxylic acids is 2. The van der Waals surface area contributed by atoms with E-state index in [9.17, 15) is 28.9 Å². The van der Waals surface area contributed by atoms with E-state index in [0.717, 1.165) is 0 Å². The highest BCUT2D eigenvalue weighted by atomic mass is 35.5. The van der Waals surface area contributed by atoms with Gasteiger partial charge in [-0.15, -0.1) is 20.4 Å². The summed E-state index contributed by atoms with van der Waals surface area (Å²) < 4.78 is 75.9. The highest BCUT2D eigenvalue weighted by molar-refractivity contribution is 7.48. The van der Waals surface area contributed by atoms with Gasteiger partial charge in [0.15, 0.2) is 5.15 Å². The lowest BCUT2D eigenvalue weighted by Gasteiger charge is -2.37. The van der Waals surface area contributed by atoms with E-state index in [4.69, 9.17) is 59.8 Å². The monoisotopic (exact) mass is 1300 g/mol. The smallest absolute Gasteiger partial charge is 0.383 e. The molecule has 0 radical (unpaired) electrons. The summed E-state index contributed by atoms with van der Waals surface area (Å²) in [6.07, 6.45) is 1.30. The summed E-state index contributed by atoms with van der Waals surface area (Å²) in [5.74, 6) is -0.953. The van der Waals surface area contributed by atoms with E-state index in [0.29, 0.717) is 83.5 Å². The molecule has 476 valence electrons. The molecule has 2 aliphatic heterocycles. The lowest BCUT2D eigenvalue weighted by molar-refractivity contribution is -0.00826. The number of piperidine rings is 2. The molecule has 32 heteroatoms. The minimum absolute atomic E-state index is 0.00569. The number of ether oxygens (including phenoxy) is 2. The highest BCUT2D eigenvalue weighted by Crippen LogP contribution is 2.57. The fraction of sp³-hybridized carbons (Fsp3) is 0.769. The van der Waals surface area contributed by atoms with E-state index in [-0.39, 0.29) is 59.7 Å². The third kappa shape index (κ3) is 20.4. The van der Waals surface area contributed by atoms with Crippen LogP contribution in [0.15, 0.2) is 0 Å². The van der Waals surface area contributed by atoms with Crippen LogP contribution in [0.25, 0.3) is 0 Å². The molecule has 26 nitrogen and oxygen atoms in total. The average Bonchev–Trinajstić information content (AvgIpc) is 3.26. The summed E-state index contributed by atoms with van der Waals surface area (Å²) in [5, 5.41) is 46.0. The summed E-state index contributed by atoms with van der Waals surface area (Å²) in [4.78, 5) is 39.9. The number of aryl methyl sites for hydroxylation is 1. The molecule has 0 aromatic carbocycles. The third-order valence-corrected chi connectivity index (χ3v) is 19.3. The number of amides is 2. The van der Waals surface area contributed by atoms with Crippen molar-refractivity contribution in [3.05, 3.63) is 43.4 Å². The molecule has 0 unspecified atom stereocenters. The minimum Gasteiger partial charge on any atom is -0.383 e. The van der Waals surface area contributed by atoms with E-state index < -0.39 is 61.1 Å². The quantitative estimate of drug-likeness (QED) is 0.0532. The van der Waals surface area contributed by atoms with Crippen molar-refractivity contribution in [2.24, 2.45) is 0 Å². The van der Waals surface area contributed by atoms with Crippen LogP contribution in [0.3, 0.4) is 0 Å². The first-order valence-electron chi connectivity index (χ1n) is 27.6. The van der Waals surface area contributed by atoms with Gasteiger partial charge in [0.1, 0.15) is 39.8 Å². The van der Waals surface area contributed by atoms with Crippen LogP contribution in [0.5, 0.6) is 0 Å². The van der Waals surface area contributed by atoms with Gasteiger partial charge in [0.05, 0.1) is 58.1 Å². The van der Waals surface area contributed by atoms with Crippen molar-refractivity contribution in [2.75, 3.05) is 50.2 Å². The number of methoxy groups -OCH3 is 2. The molecule has 0 aliphatic carbocycles. The summed E-state index contributed by atoms with van der Waals surface area (Å²) in [6, 6.07) is -0.676. The zero-order chi connectivity index (χ0) is 63.3. The average molecular weight is 1300 g/mol. The number of phosphoric acid groups is 2. The number of anilines is 2. The second-order valence-electron chi connectivity index (χ2n) is 25.2. The van der Waals surface area contributed by atoms with E-state index in [1.165, 1.54) is 31.8 Å². The second-order valence-corrected chi connectivity index (χ2v) is 30.9. The Hall–Kier alpha value is -3.28. The maximum Gasteiger partial charge on any atom is 0.477 e. The molecule has 4 atom stereocenters. The predicted octanol–water partition coefficient (Wildman–Crippen LogP) is 9.83. The molecule has 2 saturated heterocycles. The predicted molar refractivity (Wildman–Crippen MR) is 322 cm³/mol. The first kappa shape index (κ1) is 71.5. The van der Waals surface area contributed by atoms with Crippen LogP contribution in [0.4, 0.5) is 10.3 Å². The van der Waals surface area contributed by atoms with Crippen LogP contribution in [0.2, 0.25) is 10.3 Å². The van der Waals surface area contributed by atoms with Crippen LogP contribution in [0, 0.1) is 0 Å². The minimum atomic E-state index is -4.08. The van der Waals surface area contributed by atoms with Crippen molar-refractivity contribution >= 4 is 83.6 Å². The van der Waals surface area contributed by atoms with Crippen molar-refractivity contribution < 1.29 is 65.5 Å². The maximum atomic E-state index is 13.6. The number of nitrogens with one attached hydrogen (secondary N) is 2. The number of rotatable bonds is 22. The van der Waals surface area contributed by atoms with Gasteiger partial charge in [-0.25, -0.2) is 19.1 Å². The zero-order valence-corrected chi connectivity index (χ0v) is 57.0. The fourth-order valence-electron chi connectivity index (χ4n) is 8.48. The topological polar surface area (TPSA) is 300 Å². The van der Waals surface area contributed by atoms with Gasteiger partial charge in [-0.05, 0) is 136 Å². The molecule has 2 fully saturated rings. The van der Waals surface area contributed by atoms with Gasteiger partial charge in [-0.3, -0.25) is 45.9 Å². The standard InChI is InChI=1S/2C26H44ClN6O7PS/c1-11-17-19(27)29-20(33(17)15-38-41(36,39-24(2,3)4)40-25(5,6)7)21(34)28-16-12-13-32(14-18(16)37-10)23-31-30-22(42-23)26(8,9)35;1-11-16-19(27)33(15-38-41(36,39-24(2,3)4)40-25(5,6)7)20(28-16)21(34)29-17-12-13-32(14-18(17)37-10)23-31-30-22(42-23)26(8,9)35/h16,18,35H,11-15H2,1-10H3,(H,28,34);17-18,35H,11-15H2,1-10H3,(H,29,34)/t16-,18+;17-,18+/m11/s1. The van der Waals surface area contributed by atoms with Crippen molar-refractivity contribution in [3.63, 3.8) is 0 Å². The molecular formula is C52H88Cl2N12O14P2S2. The fourth-order valence-corrected chi connectivity index (χ4v) is 14.3. The van der Waals surface area contributed by atoms with Gasteiger partial charge in [0, 0.05) is 40.4 Å². The zero-order valence-electron chi connectivity index (χ0n) is 52.1. The molecule has 4 N–H and O–H groups in total. The number of carbonyl (C=O) groups is 2. The highest BCUT2D eigenvalue weighted by Gasteiger charge is 2.42. The number of aliphatic hydroxyl groups is 2. The van der Waals surface area contributed by atoms with Gasteiger partial charge >= 0.3 is 15.6 Å². The number of phosphoric ester groups is 2. The summed E-state index contributed by atoms with van der Waals surface area (Å²) in [6.45, 7) is 32.6. The summed E-state index contributed by atoms with van der Waals surface area (Å²) in [5.41, 5.74) is -4.45. The first-order chi connectivity index (χ1) is 38.5. The number of imidazole rings is 2. The molecule has 0 bridgehead atoms. The van der Waals surface area contributed by atoms with Crippen molar-refractivity contribution in [1.29, 1.82) is 0 Å². The summed E-state index contributed by atoms with van der Waals surface area (Å²) >= 11 is 15.7. The Balaban J connectivity index is 0.000000307. The molecule has 6 rings (SSSR count). The van der Waals surface area contributed by atoms with Crippen LogP contribution in [-0.2, 0) is 83.3 Å². The Labute approximate surface area is 511 Å². The molecular weight excluding hydrogens is 1210 g/mol. The molecule has 2 aliphatic rings. The van der Waals surface area contributed by atoms with Gasteiger partial charge in [-0.2, -0.15) is 0 Å². The molecule has 4 aromatic rings. The number of hydrogen-bond acceptors (Lipinski definition) is 24. The number of nitrogens with zero attached hydrogens (tertiary/aromatic N) is 10. The maximum absolute atomic E-state index is 13.6. The molecule has 0 saturated carbocycles. The Morgan fingerprint density at radius 3 is 1.29 bits per heavy atom. The Morgan fingerprint density at radius 2 is 0.964 bits per heavy atom. The van der Waals surface area contributed by atoms with Gasteiger partial charge < -0.3 is 40.1 Å². The van der Waals surface area contributed by atoms with Crippen LogP contribution in [0.1, 0.15) is 180 Å². The third-order valence-electron chi connectivity index (χ3n) is 12.1. The van der Waals surface area contributed by atoms with Crippen LogP contribution < -0.4 is 20.4 Å². The molecule has 2 amide bonds. The SMILES string of the molecule is CCc1c(Cl)nc(C(=O)N[C@@H]2CCN(c3nnc(C(C)(C)O)s3)C[C@@H]2OC)n1COP(=O)(OC(C)(C)C)OC(C)(C)C.CCc1nc(C(=O)N[C@@H]2CCN(c3nnc(C(C)(C)O)s3)C[C@@H]2OC)n(COP(=O)(OC(C)(C)C)OC(C)(C)C)c1Cl. The van der Waals surface area contributed by atoms with Crippen molar-refractivity contribution in [1.82, 2.24) is 50.1 Å². The molecule has 0 spiro atoms. The Bertz CT molecular complexity index is 2830. The normalized spacial score (nSPS) is 18.9. The second kappa shape index (κ2) is 28.0. The molecule has 84 heavy (non-hydrogen) atoms. The lowest BCUT2D eigenvalue weighted by atomic mass is 10.0. The summed E-state index contributed by atoms with van der Waals surface area (Å²) in [7, 11) is -4.99. The molecule has 4 aromatic heterocycles. The Kier molecular flexibility index (Phi) is 23.9. The van der Waals surface area contributed by atoms with Gasteiger partial charge in [-0.1, -0.05) is 59.7 Å². The van der Waals surface area contributed by atoms with E-state index >= 15 is 0 Å². The largest absolute Gasteiger partial charge is 0.477 e. The number of aromatic nitrogens is 8. The van der Waals surface area contributed by atoms with Gasteiger partial charge in [0.2, 0.25) is 21.9 Å². The van der Waals surface area contributed by atoms with E-state index in [1.807, 2.05) is 23.6 Å². The van der Waals surface area contributed by atoms with Crippen LogP contribution >= 0.6 is 61.5 Å². The van der Waals surface area contributed by atoms with Crippen LogP contribution in [-0.4, -0.2) is 149 Å². The van der Waals surface area contributed by atoms with E-state index in [2.05, 4.69) is 41.0 Å². The lowest BCUT2D eigenvalue weighted by Crippen LogP contribution is -2.55. The molecule has 6 heterocycles. The van der Waals surface area contributed by atoms with Gasteiger partial charge in [0.25, 0.3) is 11.8 Å². The van der Waals surface area contributed by atoms with Crippen molar-refractivity contribution in [2.45, 2.75) is 222 Å². The first-order valence-corrected chi connectivity index (χ1v) is 32.9. The van der Waals surface area contributed by atoms with E-state index in [1.54, 1.807) is 125 Å². The number of hydrogen-bond donors (Lipinski definition) is 4. The number of halogens is 2. The van der Waals surface area contributed by atoms with Crippen molar-refractivity contribution in [3.8, 4) is 0 Å².